The number of nitrogens with zero attached hydrogens (tertiary/aromatic N) is 3. The van der Waals surface area contributed by atoms with Gasteiger partial charge in [-0.2, -0.15) is 18.3 Å². The number of piperidine rings is 1. The third kappa shape index (κ3) is 3.40. The minimum Gasteiger partial charge on any atom is -0.478 e. The first kappa shape index (κ1) is 16.3. The standard InChI is InChI=1S/C13H16F3N3O3/c1-8(19-6-9(5-17-19)12(21)22)11(20)18-4-2-3-10(7-18)13(14,15)16/h5-6,8,10H,2-4,7H2,1H3,(H,21,22). The quantitative estimate of drug-likeness (QED) is 0.924. The van der Waals surface area contributed by atoms with Crippen molar-refractivity contribution in [2.45, 2.75) is 32.0 Å². The second-order valence-electron chi connectivity index (χ2n) is 5.36. The summed E-state index contributed by atoms with van der Waals surface area (Å²) in [5.74, 6) is -3.18. The molecule has 2 rings (SSSR count). The van der Waals surface area contributed by atoms with Gasteiger partial charge >= 0.3 is 12.1 Å². The molecule has 0 aliphatic carbocycles. The number of hydrogen-bond acceptors (Lipinski definition) is 3. The van der Waals surface area contributed by atoms with Crippen LogP contribution in [0.25, 0.3) is 0 Å². The molecule has 2 heterocycles. The number of alkyl halides is 3. The highest BCUT2D eigenvalue weighted by molar-refractivity contribution is 5.87. The van der Waals surface area contributed by atoms with Gasteiger partial charge in [-0.3, -0.25) is 9.48 Å². The van der Waals surface area contributed by atoms with Crippen LogP contribution in [0.4, 0.5) is 13.2 Å². The zero-order chi connectivity index (χ0) is 16.5. The number of carboxylic acids is 1. The molecule has 0 radical (unpaired) electrons. The Labute approximate surface area is 124 Å². The van der Waals surface area contributed by atoms with Gasteiger partial charge in [-0.25, -0.2) is 4.79 Å². The molecule has 1 fully saturated rings. The van der Waals surface area contributed by atoms with Gasteiger partial charge in [0.05, 0.1) is 17.7 Å². The lowest BCUT2D eigenvalue weighted by molar-refractivity contribution is -0.188. The highest BCUT2D eigenvalue weighted by atomic mass is 19.4. The molecule has 22 heavy (non-hydrogen) atoms. The third-order valence-corrected chi connectivity index (χ3v) is 3.80. The minimum absolute atomic E-state index is 0.0204. The Bertz CT molecular complexity index is 570. The van der Waals surface area contributed by atoms with Crippen LogP contribution in [0.3, 0.4) is 0 Å². The third-order valence-electron chi connectivity index (χ3n) is 3.80. The van der Waals surface area contributed by atoms with Crippen LogP contribution >= 0.6 is 0 Å². The summed E-state index contributed by atoms with van der Waals surface area (Å²) in [4.78, 5) is 24.3. The van der Waals surface area contributed by atoms with Crippen molar-refractivity contribution < 1.29 is 27.9 Å². The molecule has 1 amide bonds. The van der Waals surface area contributed by atoms with E-state index < -0.39 is 30.0 Å². The van der Waals surface area contributed by atoms with Gasteiger partial charge in [0.1, 0.15) is 6.04 Å². The van der Waals surface area contributed by atoms with Gasteiger partial charge in [-0.1, -0.05) is 0 Å². The zero-order valence-corrected chi connectivity index (χ0v) is 11.9. The Morgan fingerprint density at radius 3 is 2.68 bits per heavy atom. The number of carbonyl (C=O) groups excluding carboxylic acids is 1. The number of amides is 1. The molecule has 0 spiro atoms. The smallest absolute Gasteiger partial charge is 0.393 e. The predicted octanol–water partition coefficient (Wildman–Crippen LogP) is 1.94. The molecule has 1 aromatic rings. The Hall–Kier alpha value is -2.06. The maximum absolute atomic E-state index is 12.8. The molecule has 6 nitrogen and oxygen atoms in total. The number of aromatic carboxylic acids is 1. The highest BCUT2D eigenvalue weighted by Crippen LogP contribution is 2.33. The first-order chi connectivity index (χ1) is 10.2. The molecule has 0 saturated carbocycles. The van der Waals surface area contributed by atoms with Crippen LogP contribution in [0.5, 0.6) is 0 Å². The highest BCUT2D eigenvalue weighted by Gasteiger charge is 2.43. The molecule has 1 saturated heterocycles. The van der Waals surface area contributed by atoms with Crippen molar-refractivity contribution in [3.05, 3.63) is 18.0 Å². The molecule has 1 N–H and O–H groups in total. The fraction of sp³-hybridized carbons (Fsp3) is 0.615. The summed E-state index contributed by atoms with van der Waals surface area (Å²) in [6, 6.07) is -0.847. The molecular formula is C13H16F3N3O3. The van der Waals surface area contributed by atoms with Gasteiger partial charge < -0.3 is 10.0 Å². The first-order valence-electron chi connectivity index (χ1n) is 6.83. The van der Waals surface area contributed by atoms with E-state index >= 15 is 0 Å². The summed E-state index contributed by atoms with van der Waals surface area (Å²) in [5.41, 5.74) is -0.0773. The molecule has 0 bridgehead atoms. The number of likely N-dealkylation sites (tertiary alicyclic amines) is 1. The number of carboxylic acid groups (broad SMARTS) is 1. The average Bonchev–Trinajstić information content (AvgIpc) is 2.95. The summed E-state index contributed by atoms with van der Waals surface area (Å²) in [6.45, 7) is 1.39. The van der Waals surface area contributed by atoms with Crippen molar-refractivity contribution >= 4 is 11.9 Å². The fourth-order valence-corrected chi connectivity index (χ4v) is 2.48. The van der Waals surface area contributed by atoms with E-state index in [0.29, 0.717) is 6.42 Å². The Morgan fingerprint density at radius 1 is 1.45 bits per heavy atom. The minimum atomic E-state index is -4.32. The van der Waals surface area contributed by atoms with Crippen molar-refractivity contribution in [2.75, 3.05) is 13.1 Å². The van der Waals surface area contributed by atoms with Crippen molar-refractivity contribution in [3.63, 3.8) is 0 Å². The fourth-order valence-electron chi connectivity index (χ4n) is 2.48. The molecule has 122 valence electrons. The van der Waals surface area contributed by atoms with E-state index in [1.807, 2.05) is 0 Å². The number of rotatable bonds is 3. The van der Waals surface area contributed by atoms with Gasteiger partial charge in [0.2, 0.25) is 5.91 Å². The van der Waals surface area contributed by atoms with Crippen LogP contribution in [0.1, 0.15) is 36.2 Å². The molecule has 1 aliphatic heterocycles. The normalized spacial score (nSPS) is 20.7. The molecule has 1 aromatic heterocycles. The van der Waals surface area contributed by atoms with Crippen molar-refractivity contribution in [3.8, 4) is 0 Å². The maximum atomic E-state index is 12.8. The summed E-state index contributed by atoms with van der Waals surface area (Å²) in [7, 11) is 0. The predicted molar refractivity (Wildman–Crippen MR) is 69.3 cm³/mol. The van der Waals surface area contributed by atoms with Gasteiger partial charge in [0, 0.05) is 19.3 Å². The first-order valence-corrected chi connectivity index (χ1v) is 6.83. The van der Waals surface area contributed by atoms with E-state index in [1.54, 1.807) is 0 Å². The number of halogens is 3. The Kier molecular flexibility index (Phi) is 4.43. The molecule has 2 unspecified atom stereocenters. The van der Waals surface area contributed by atoms with E-state index in [1.165, 1.54) is 18.0 Å². The lowest BCUT2D eigenvalue weighted by atomic mass is 9.97. The second kappa shape index (κ2) is 5.98. The Morgan fingerprint density at radius 2 is 2.14 bits per heavy atom. The molecular weight excluding hydrogens is 303 g/mol. The van der Waals surface area contributed by atoms with E-state index in [4.69, 9.17) is 5.11 Å². The monoisotopic (exact) mass is 319 g/mol. The number of carbonyl (C=O) groups is 2. The van der Waals surface area contributed by atoms with Gasteiger partial charge in [0.15, 0.2) is 0 Å². The lowest BCUT2D eigenvalue weighted by Crippen LogP contribution is -2.46. The zero-order valence-electron chi connectivity index (χ0n) is 11.9. The van der Waals surface area contributed by atoms with Crippen LogP contribution in [0.15, 0.2) is 12.4 Å². The van der Waals surface area contributed by atoms with Crippen molar-refractivity contribution in [1.29, 1.82) is 0 Å². The number of hydrogen-bond donors (Lipinski definition) is 1. The van der Waals surface area contributed by atoms with E-state index in [0.717, 1.165) is 10.9 Å². The summed E-state index contributed by atoms with van der Waals surface area (Å²) in [5, 5.41) is 12.6. The van der Waals surface area contributed by atoms with E-state index in [2.05, 4.69) is 5.10 Å². The Balaban J connectivity index is 2.07. The SMILES string of the molecule is CC(C(=O)N1CCCC(C(F)(F)F)C1)n1cc(C(=O)O)cn1. The molecule has 1 aliphatic rings. The molecule has 9 heteroatoms. The van der Waals surface area contributed by atoms with Crippen LogP contribution in [-0.4, -0.2) is 50.9 Å². The maximum Gasteiger partial charge on any atom is 0.393 e. The summed E-state index contributed by atoms with van der Waals surface area (Å²) < 4.78 is 39.5. The van der Waals surface area contributed by atoms with Crippen LogP contribution in [0.2, 0.25) is 0 Å². The average molecular weight is 319 g/mol. The van der Waals surface area contributed by atoms with E-state index in [-0.39, 0.29) is 25.1 Å². The lowest BCUT2D eigenvalue weighted by Gasteiger charge is -2.35. The van der Waals surface area contributed by atoms with Crippen LogP contribution < -0.4 is 0 Å². The van der Waals surface area contributed by atoms with Gasteiger partial charge in [0.25, 0.3) is 0 Å². The topological polar surface area (TPSA) is 75.4 Å². The van der Waals surface area contributed by atoms with Crippen LogP contribution in [0, 0.1) is 5.92 Å². The summed E-state index contributed by atoms with van der Waals surface area (Å²) in [6.07, 6.45) is -1.71. The van der Waals surface area contributed by atoms with Gasteiger partial charge in [-0.15, -0.1) is 0 Å². The summed E-state index contributed by atoms with van der Waals surface area (Å²) >= 11 is 0. The van der Waals surface area contributed by atoms with Crippen molar-refractivity contribution in [2.24, 2.45) is 5.92 Å². The van der Waals surface area contributed by atoms with E-state index in [9.17, 15) is 22.8 Å². The van der Waals surface area contributed by atoms with Crippen LogP contribution in [-0.2, 0) is 4.79 Å². The molecule has 2 atom stereocenters. The molecule has 0 aromatic carbocycles. The largest absolute Gasteiger partial charge is 0.478 e. The van der Waals surface area contributed by atoms with Crippen molar-refractivity contribution in [1.82, 2.24) is 14.7 Å². The van der Waals surface area contributed by atoms with Gasteiger partial charge in [-0.05, 0) is 19.8 Å². The number of aromatic nitrogens is 2. The second-order valence-corrected chi connectivity index (χ2v) is 5.36.